The van der Waals surface area contributed by atoms with E-state index in [0.717, 1.165) is 11.4 Å². The number of hydrazine groups is 1. The molecule has 0 aromatic heterocycles. The fraction of sp³-hybridized carbons (Fsp3) is 0.143. The van der Waals surface area contributed by atoms with Crippen LogP contribution in [0.1, 0.15) is 11.1 Å². The number of aryl methyl sites for hydroxylation is 2. The average Bonchev–Trinajstić information content (AvgIpc) is 2.29. The van der Waals surface area contributed by atoms with E-state index < -0.39 is 0 Å². The van der Waals surface area contributed by atoms with Gasteiger partial charge in [-0.15, -0.1) is 0 Å². The molecule has 0 amide bonds. The molecule has 3 heteroatoms. The van der Waals surface area contributed by atoms with Crippen LogP contribution in [0.25, 0.3) is 0 Å². The van der Waals surface area contributed by atoms with Gasteiger partial charge in [0.2, 0.25) is 0 Å². The van der Waals surface area contributed by atoms with Crippen LogP contribution >= 0.6 is 0 Å². The molecule has 0 saturated carbocycles. The summed E-state index contributed by atoms with van der Waals surface area (Å²) in [5, 5.41) is 0. The quantitative estimate of drug-likeness (QED) is 0.400. The van der Waals surface area contributed by atoms with E-state index in [1.807, 2.05) is 62.4 Å². The fourth-order valence-electron chi connectivity index (χ4n) is 1.40. The molecule has 0 aliphatic carbocycles. The number of anilines is 2. The van der Waals surface area contributed by atoms with Crippen molar-refractivity contribution in [3.8, 4) is 0 Å². The standard InChI is InChI=1S/C7H10N2.C7H9N/c1-6-3-2-4-7(5-6)9-8;1-6-3-2-4-7(8)5-6/h2-5,9H,8H2,1H3;2-5H,8H2,1H3. The first-order chi connectivity index (χ1) is 8.11. The summed E-state index contributed by atoms with van der Waals surface area (Å²) in [5.41, 5.74) is 12.2. The Morgan fingerprint density at radius 3 is 1.82 bits per heavy atom. The van der Waals surface area contributed by atoms with Gasteiger partial charge in [-0.1, -0.05) is 24.3 Å². The molecule has 0 spiro atoms. The summed E-state index contributed by atoms with van der Waals surface area (Å²) in [5.74, 6) is 5.17. The van der Waals surface area contributed by atoms with Crippen LogP contribution in [0.2, 0.25) is 0 Å². The maximum atomic E-state index is 5.46. The second kappa shape index (κ2) is 6.55. The van der Waals surface area contributed by atoms with E-state index in [1.54, 1.807) is 0 Å². The molecule has 17 heavy (non-hydrogen) atoms. The Morgan fingerprint density at radius 1 is 0.882 bits per heavy atom. The highest BCUT2D eigenvalue weighted by atomic mass is 15.2. The third-order valence-corrected chi connectivity index (χ3v) is 2.23. The van der Waals surface area contributed by atoms with E-state index in [1.165, 1.54) is 11.1 Å². The van der Waals surface area contributed by atoms with E-state index in [2.05, 4.69) is 5.43 Å². The average molecular weight is 229 g/mol. The summed E-state index contributed by atoms with van der Waals surface area (Å²) in [7, 11) is 0. The van der Waals surface area contributed by atoms with E-state index in [-0.39, 0.29) is 0 Å². The van der Waals surface area contributed by atoms with Crippen LogP contribution in [0.3, 0.4) is 0 Å². The second-order valence-corrected chi connectivity index (χ2v) is 3.93. The van der Waals surface area contributed by atoms with Crippen LogP contribution in [0.4, 0.5) is 11.4 Å². The van der Waals surface area contributed by atoms with Crippen molar-refractivity contribution in [3.05, 3.63) is 59.7 Å². The zero-order valence-electron chi connectivity index (χ0n) is 10.3. The van der Waals surface area contributed by atoms with E-state index in [0.29, 0.717) is 0 Å². The zero-order valence-corrected chi connectivity index (χ0v) is 10.3. The highest BCUT2D eigenvalue weighted by Gasteiger charge is 1.85. The Morgan fingerprint density at radius 2 is 1.47 bits per heavy atom. The van der Waals surface area contributed by atoms with Crippen molar-refractivity contribution in [2.24, 2.45) is 5.84 Å². The smallest absolute Gasteiger partial charge is 0.0487 e. The van der Waals surface area contributed by atoms with Gasteiger partial charge in [-0.25, -0.2) is 0 Å². The molecule has 2 rings (SSSR count). The lowest BCUT2D eigenvalue weighted by Crippen LogP contribution is -2.06. The molecule has 0 fully saturated rings. The molecule has 2 aromatic carbocycles. The Kier molecular flexibility index (Phi) is 5.04. The SMILES string of the molecule is Cc1cccc(N)c1.Cc1cccc(NN)c1. The normalized spacial score (nSPS) is 9.12. The first-order valence-corrected chi connectivity index (χ1v) is 5.47. The van der Waals surface area contributed by atoms with Crippen LogP contribution < -0.4 is 17.0 Å². The van der Waals surface area contributed by atoms with E-state index in [9.17, 15) is 0 Å². The van der Waals surface area contributed by atoms with Crippen LogP contribution in [-0.2, 0) is 0 Å². The van der Waals surface area contributed by atoms with Gasteiger partial charge >= 0.3 is 0 Å². The molecule has 3 nitrogen and oxygen atoms in total. The molecule has 2 aromatic rings. The van der Waals surface area contributed by atoms with Crippen LogP contribution in [0.15, 0.2) is 48.5 Å². The Labute approximate surface area is 102 Å². The lowest BCUT2D eigenvalue weighted by atomic mass is 10.2. The van der Waals surface area contributed by atoms with Crippen molar-refractivity contribution in [3.63, 3.8) is 0 Å². The maximum Gasteiger partial charge on any atom is 0.0487 e. The zero-order chi connectivity index (χ0) is 12.7. The highest BCUT2D eigenvalue weighted by molar-refractivity contribution is 5.43. The van der Waals surface area contributed by atoms with Crippen LogP contribution in [0.5, 0.6) is 0 Å². The number of hydrogen-bond acceptors (Lipinski definition) is 3. The molecule has 0 aliphatic rings. The first-order valence-electron chi connectivity index (χ1n) is 5.47. The predicted molar refractivity (Wildman–Crippen MR) is 74.6 cm³/mol. The molecular formula is C14H19N3. The van der Waals surface area contributed by atoms with Crippen LogP contribution in [-0.4, -0.2) is 0 Å². The molecule has 0 bridgehead atoms. The third kappa shape index (κ3) is 5.04. The summed E-state index contributed by atoms with van der Waals surface area (Å²) in [6.07, 6.45) is 0. The van der Waals surface area contributed by atoms with Crippen molar-refractivity contribution in [1.29, 1.82) is 0 Å². The molecule has 0 atom stereocenters. The lowest BCUT2D eigenvalue weighted by Gasteiger charge is -1.98. The van der Waals surface area contributed by atoms with E-state index in [4.69, 9.17) is 11.6 Å². The summed E-state index contributed by atoms with van der Waals surface area (Å²) in [6, 6.07) is 15.7. The number of nitrogens with two attached hydrogens (primary N) is 2. The number of benzene rings is 2. The minimum absolute atomic E-state index is 0.838. The number of nitrogen functional groups attached to an aromatic ring is 2. The van der Waals surface area contributed by atoms with Gasteiger partial charge in [0.25, 0.3) is 0 Å². The molecule has 0 unspecified atom stereocenters. The molecule has 0 radical (unpaired) electrons. The maximum absolute atomic E-state index is 5.46. The number of rotatable bonds is 1. The van der Waals surface area contributed by atoms with Gasteiger partial charge in [0.15, 0.2) is 0 Å². The molecule has 0 saturated heterocycles. The number of hydrogen-bond donors (Lipinski definition) is 3. The first kappa shape index (κ1) is 13.1. The van der Waals surface area contributed by atoms with Crippen molar-refractivity contribution < 1.29 is 0 Å². The lowest BCUT2D eigenvalue weighted by molar-refractivity contribution is 1.33. The topological polar surface area (TPSA) is 64.1 Å². The van der Waals surface area contributed by atoms with Crippen molar-refractivity contribution in [2.75, 3.05) is 11.2 Å². The van der Waals surface area contributed by atoms with Gasteiger partial charge in [0.1, 0.15) is 0 Å². The summed E-state index contributed by atoms with van der Waals surface area (Å²) >= 11 is 0. The van der Waals surface area contributed by atoms with Crippen molar-refractivity contribution in [1.82, 2.24) is 0 Å². The second-order valence-electron chi connectivity index (χ2n) is 3.93. The van der Waals surface area contributed by atoms with Crippen molar-refractivity contribution >= 4 is 11.4 Å². The summed E-state index contributed by atoms with van der Waals surface area (Å²) in [4.78, 5) is 0. The van der Waals surface area contributed by atoms with Gasteiger partial charge in [-0.2, -0.15) is 0 Å². The van der Waals surface area contributed by atoms with E-state index >= 15 is 0 Å². The minimum Gasteiger partial charge on any atom is -0.399 e. The van der Waals surface area contributed by atoms with Gasteiger partial charge < -0.3 is 11.2 Å². The van der Waals surface area contributed by atoms with Gasteiger partial charge in [0.05, 0.1) is 0 Å². The molecule has 90 valence electrons. The molecule has 0 aliphatic heterocycles. The Bertz CT molecular complexity index is 449. The van der Waals surface area contributed by atoms with Gasteiger partial charge in [-0.05, 0) is 49.2 Å². The highest BCUT2D eigenvalue weighted by Crippen LogP contribution is 2.06. The molecule has 5 N–H and O–H groups in total. The largest absolute Gasteiger partial charge is 0.399 e. The Balaban J connectivity index is 0.000000171. The number of nitrogens with one attached hydrogen (secondary N) is 1. The van der Waals surface area contributed by atoms with Gasteiger partial charge in [-0.3, -0.25) is 5.84 Å². The van der Waals surface area contributed by atoms with Gasteiger partial charge in [0, 0.05) is 11.4 Å². The van der Waals surface area contributed by atoms with Crippen LogP contribution in [0, 0.1) is 13.8 Å². The minimum atomic E-state index is 0.838. The molecular weight excluding hydrogens is 210 g/mol. The molecule has 0 heterocycles. The predicted octanol–water partition coefficient (Wildman–Crippen LogP) is 2.86. The van der Waals surface area contributed by atoms with Crippen molar-refractivity contribution in [2.45, 2.75) is 13.8 Å². The summed E-state index contributed by atoms with van der Waals surface area (Å²) < 4.78 is 0. The fourth-order valence-corrected chi connectivity index (χ4v) is 1.40. The Hall–Kier alpha value is -2.00. The third-order valence-electron chi connectivity index (χ3n) is 2.23. The monoisotopic (exact) mass is 229 g/mol. The summed E-state index contributed by atoms with van der Waals surface area (Å²) in [6.45, 7) is 4.05.